The van der Waals surface area contributed by atoms with Gasteiger partial charge in [-0.1, -0.05) is 60.7 Å². The van der Waals surface area contributed by atoms with Gasteiger partial charge in [-0.05, 0) is 5.56 Å². The molecule has 2 aromatic carbocycles. The normalized spacial score (nSPS) is 24.7. The van der Waals surface area contributed by atoms with Gasteiger partial charge < -0.3 is 9.84 Å². The third-order valence-corrected chi connectivity index (χ3v) is 3.21. The summed E-state index contributed by atoms with van der Waals surface area (Å²) >= 11 is 0. The molecule has 0 aliphatic carbocycles. The van der Waals surface area contributed by atoms with E-state index in [2.05, 4.69) is 5.32 Å². The van der Waals surface area contributed by atoms with E-state index in [0.29, 0.717) is 0 Å². The second kappa shape index (κ2) is 4.40. The molecule has 0 spiro atoms. The number of carboxylic acid groups (broad SMARTS) is 1. The number of benzene rings is 2. The number of rotatable bonds is 3. The fourth-order valence-electron chi connectivity index (χ4n) is 2.31. The highest BCUT2D eigenvalue weighted by molar-refractivity contribution is 5.67. The van der Waals surface area contributed by atoms with Crippen LogP contribution in [0.4, 0.5) is 4.79 Å². The topological polar surface area (TPSA) is 61.9 Å². The van der Waals surface area contributed by atoms with Gasteiger partial charge in [0, 0.05) is 5.56 Å². The molecule has 1 aliphatic rings. The molecule has 2 unspecified atom stereocenters. The Morgan fingerprint density at radius 1 is 1.05 bits per heavy atom. The standard InChI is InChI=1S/C15H13NO3/c17-14(18)16-15(12-9-5-2-6-10-12)13(19-15)11-7-3-1-4-8-11/h1-10,13,16H,(H,17,18). The first-order valence-electron chi connectivity index (χ1n) is 6.02. The zero-order valence-corrected chi connectivity index (χ0v) is 10.1. The third-order valence-electron chi connectivity index (χ3n) is 3.21. The van der Waals surface area contributed by atoms with Gasteiger partial charge in [0.05, 0.1) is 0 Å². The van der Waals surface area contributed by atoms with Crippen molar-refractivity contribution in [2.45, 2.75) is 11.8 Å². The van der Waals surface area contributed by atoms with Gasteiger partial charge in [0.25, 0.3) is 0 Å². The molecule has 0 bridgehead atoms. The van der Waals surface area contributed by atoms with E-state index in [9.17, 15) is 4.79 Å². The highest BCUT2D eigenvalue weighted by Gasteiger charge is 2.60. The first-order valence-corrected chi connectivity index (χ1v) is 6.02. The molecule has 2 N–H and O–H groups in total. The average molecular weight is 255 g/mol. The van der Waals surface area contributed by atoms with E-state index in [1.807, 2.05) is 60.7 Å². The lowest BCUT2D eigenvalue weighted by atomic mass is 9.99. The third kappa shape index (κ3) is 2.06. The van der Waals surface area contributed by atoms with E-state index in [1.54, 1.807) is 0 Å². The van der Waals surface area contributed by atoms with Crippen LogP contribution >= 0.6 is 0 Å². The van der Waals surface area contributed by atoms with Crippen molar-refractivity contribution < 1.29 is 14.6 Å². The molecule has 4 heteroatoms. The first-order chi connectivity index (χ1) is 9.22. The molecule has 1 fully saturated rings. The SMILES string of the molecule is O=C(O)NC1(c2ccccc2)OC1c1ccccc1. The van der Waals surface area contributed by atoms with Crippen LogP contribution in [0.3, 0.4) is 0 Å². The molecule has 1 heterocycles. The van der Waals surface area contributed by atoms with E-state index in [0.717, 1.165) is 11.1 Å². The number of ether oxygens (including phenoxy) is 1. The molecule has 3 rings (SSSR count). The Kier molecular flexibility index (Phi) is 2.72. The van der Waals surface area contributed by atoms with E-state index < -0.39 is 11.8 Å². The molecular formula is C15H13NO3. The Morgan fingerprint density at radius 2 is 1.63 bits per heavy atom. The summed E-state index contributed by atoms with van der Waals surface area (Å²) in [5, 5.41) is 11.5. The monoisotopic (exact) mass is 255 g/mol. The van der Waals surface area contributed by atoms with Crippen molar-refractivity contribution in [1.29, 1.82) is 0 Å². The molecule has 2 aromatic rings. The average Bonchev–Trinajstić information content (AvgIpc) is 3.15. The van der Waals surface area contributed by atoms with Crippen LogP contribution in [-0.4, -0.2) is 11.2 Å². The van der Waals surface area contributed by atoms with Crippen molar-refractivity contribution in [3.63, 3.8) is 0 Å². The minimum Gasteiger partial charge on any atom is -0.465 e. The zero-order valence-electron chi connectivity index (χ0n) is 10.1. The quantitative estimate of drug-likeness (QED) is 0.829. The molecule has 19 heavy (non-hydrogen) atoms. The van der Waals surface area contributed by atoms with Crippen LogP contribution in [0, 0.1) is 0 Å². The lowest BCUT2D eigenvalue weighted by Gasteiger charge is -2.13. The van der Waals surface area contributed by atoms with E-state index >= 15 is 0 Å². The Morgan fingerprint density at radius 3 is 2.21 bits per heavy atom. The van der Waals surface area contributed by atoms with Crippen LogP contribution in [0.25, 0.3) is 0 Å². The second-order valence-corrected chi connectivity index (χ2v) is 4.44. The zero-order chi connectivity index (χ0) is 13.3. The minimum atomic E-state index is -1.10. The Hall–Kier alpha value is -2.33. The fraction of sp³-hybridized carbons (Fsp3) is 0.133. The van der Waals surface area contributed by atoms with Gasteiger partial charge in [0.15, 0.2) is 0 Å². The van der Waals surface area contributed by atoms with E-state index in [4.69, 9.17) is 9.84 Å². The highest BCUT2D eigenvalue weighted by Crippen LogP contribution is 2.54. The van der Waals surface area contributed by atoms with Crippen molar-refractivity contribution in [2.75, 3.05) is 0 Å². The maximum Gasteiger partial charge on any atom is 0.407 e. The number of nitrogens with one attached hydrogen (secondary N) is 1. The summed E-state index contributed by atoms with van der Waals surface area (Å²) in [4.78, 5) is 11.0. The number of epoxide rings is 1. The Labute approximate surface area is 110 Å². The maximum atomic E-state index is 11.0. The smallest absolute Gasteiger partial charge is 0.407 e. The van der Waals surface area contributed by atoms with Crippen molar-refractivity contribution in [2.24, 2.45) is 0 Å². The van der Waals surface area contributed by atoms with Gasteiger partial charge in [-0.15, -0.1) is 0 Å². The molecule has 1 saturated heterocycles. The molecule has 4 nitrogen and oxygen atoms in total. The van der Waals surface area contributed by atoms with Gasteiger partial charge in [-0.3, -0.25) is 5.32 Å². The first kappa shape index (κ1) is 11.7. The molecule has 0 aromatic heterocycles. The summed E-state index contributed by atoms with van der Waals surface area (Å²) in [7, 11) is 0. The van der Waals surface area contributed by atoms with Crippen LogP contribution < -0.4 is 5.32 Å². The molecule has 96 valence electrons. The number of hydrogen-bond acceptors (Lipinski definition) is 2. The van der Waals surface area contributed by atoms with Gasteiger partial charge >= 0.3 is 6.09 Å². The van der Waals surface area contributed by atoms with Crippen LogP contribution in [0.5, 0.6) is 0 Å². The Bertz CT molecular complexity index is 585. The second-order valence-electron chi connectivity index (χ2n) is 4.44. The van der Waals surface area contributed by atoms with Gasteiger partial charge in [0.1, 0.15) is 6.10 Å². The summed E-state index contributed by atoms with van der Waals surface area (Å²) in [5.41, 5.74) is 0.806. The maximum absolute atomic E-state index is 11.0. The number of amides is 1. The van der Waals surface area contributed by atoms with Crippen LogP contribution in [0.15, 0.2) is 60.7 Å². The van der Waals surface area contributed by atoms with Gasteiger partial charge in [-0.25, -0.2) is 4.79 Å². The molecular weight excluding hydrogens is 242 g/mol. The molecule has 1 amide bonds. The lowest BCUT2D eigenvalue weighted by molar-refractivity contribution is 0.170. The predicted molar refractivity (Wildman–Crippen MR) is 69.5 cm³/mol. The predicted octanol–water partition coefficient (Wildman–Crippen LogP) is 2.88. The number of hydrogen-bond donors (Lipinski definition) is 2. The van der Waals surface area contributed by atoms with E-state index in [1.165, 1.54) is 0 Å². The van der Waals surface area contributed by atoms with Crippen molar-refractivity contribution in [1.82, 2.24) is 5.32 Å². The van der Waals surface area contributed by atoms with Crippen LogP contribution in [-0.2, 0) is 10.5 Å². The lowest BCUT2D eigenvalue weighted by Crippen LogP contribution is -2.35. The van der Waals surface area contributed by atoms with Crippen molar-refractivity contribution in [3.8, 4) is 0 Å². The summed E-state index contributed by atoms with van der Waals surface area (Å²) < 4.78 is 5.70. The summed E-state index contributed by atoms with van der Waals surface area (Å²) in [6.45, 7) is 0. The van der Waals surface area contributed by atoms with Gasteiger partial charge in [0.2, 0.25) is 5.72 Å². The molecule has 0 saturated carbocycles. The largest absolute Gasteiger partial charge is 0.465 e. The molecule has 1 aliphatic heterocycles. The summed E-state index contributed by atoms with van der Waals surface area (Å²) in [5.74, 6) is 0. The Balaban J connectivity index is 1.96. The van der Waals surface area contributed by atoms with Crippen LogP contribution in [0.1, 0.15) is 17.2 Å². The van der Waals surface area contributed by atoms with Crippen molar-refractivity contribution in [3.05, 3.63) is 71.8 Å². The van der Waals surface area contributed by atoms with Crippen LogP contribution in [0.2, 0.25) is 0 Å². The fourth-order valence-corrected chi connectivity index (χ4v) is 2.31. The molecule has 2 atom stereocenters. The summed E-state index contributed by atoms with van der Waals surface area (Å²) in [6.07, 6.45) is -1.38. The molecule has 0 radical (unpaired) electrons. The highest BCUT2D eigenvalue weighted by atomic mass is 16.6. The summed E-state index contributed by atoms with van der Waals surface area (Å²) in [6, 6.07) is 18.9. The van der Waals surface area contributed by atoms with E-state index in [-0.39, 0.29) is 6.10 Å². The number of carbonyl (C=O) groups is 1. The van der Waals surface area contributed by atoms with Crippen molar-refractivity contribution >= 4 is 6.09 Å². The minimum absolute atomic E-state index is 0.285. The van der Waals surface area contributed by atoms with Gasteiger partial charge in [-0.2, -0.15) is 0 Å².